The summed E-state index contributed by atoms with van der Waals surface area (Å²) in [5.41, 5.74) is 8.60. The summed E-state index contributed by atoms with van der Waals surface area (Å²) in [4.78, 5) is 14.0. The number of halogens is 1. The molecule has 0 amide bonds. The number of fused-ring (bicyclic) bond motifs is 1. The third-order valence-corrected chi connectivity index (χ3v) is 6.61. The molecule has 0 N–H and O–H groups in total. The first-order valence-electron chi connectivity index (χ1n) is 10.1. The normalized spacial score (nSPS) is 15.1. The van der Waals surface area contributed by atoms with E-state index in [-0.39, 0.29) is 5.82 Å². The molecule has 6 heteroatoms. The third kappa shape index (κ3) is 3.57. The summed E-state index contributed by atoms with van der Waals surface area (Å²) in [7, 11) is 2.16. The van der Waals surface area contributed by atoms with Crippen LogP contribution >= 0.6 is 11.3 Å². The number of piperazine rings is 1. The molecule has 4 nitrogen and oxygen atoms in total. The Morgan fingerprint density at radius 1 is 0.933 bits per heavy atom. The summed E-state index contributed by atoms with van der Waals surface area (Å²) < 4.78 is 15.0. The van der Waals surface area contributed by atoms with Gasteiger partial charge in [0.05, 0.1) is 33.3 Å². The van der Waals surface area contributed by atoms with Crippen molar-refractivity contribution in [1.29, 1.82) is 0 Å². The lowest BCUT2D eigenvalue weighted by atomic mass is 9.97. The van der Waals surface area contributed by atoms with Gasteiger partial charge in [-0.15, -0.1) is 11.3 Å². The minimum absolute atomic E-state index is 0.194. The molecule has 1 aliphatic heterocycles. The quantitative estimate of drug-likeness (QED) is 0.456. The largest absolute Gasteiger partial charge is 0.368 e. The molecule has 2 aromatic carbocycles. The molecular weight excluding hydrogens is 395 g/mol. The van der Waals surface area contributed by atoms with Crippen molar-refractivity contribution in [2.24, 2.45) is 0 Å². The van der Waals surface area contributed by atoms with E-state index in [1.807, 2.05) is 23.8 Å². The average Bonchev–Trinajstić information content (AvgIpc) is 3.24. The maximum atomic E-state index is 13.9. The van der Waals surface area contributed by atoms with Gasteiger partial charge in [0.2, 0.25) is 0 Å². The molecule has 0 bridgehead atoms. The van der Waals surface area contributed by atoms with Crippen molar-refractivity contribution in [3.8, 4) is 22.4 Å². The van der Waals surface area contributed by atoms with Crippen molar-refractivity contribution in [2.75, 3.05) is 38.1 Å². The van der Waals surface area contributed by atoms with Crippen molar-refractivity contribution in [2.45, 2.75) is 6.92 Å². The van der Waals surface area contributed by atoms with Crippen LogP contribution in [-0.2, 0) is 0 Å². The lowest BCUT2D eigenvalue weighted by Gasteiger charge is -2.34. The van der Waals surface area contributed by atoms with Crippen molar-refractivity contribution in [1.82, 2.24) is 14.9 Å². The predicted molar refractivity (Wildman–Crippen MR) is 123 cm³/mol. The van der Waals surface area contributed by atoms with Crippen LogP contribution in [0.3, 0.4) is 0 Å². The number of hydrogen-bond acceptors (Lipinski definition) is 5. The van der Waals surface area contributed by atoms with Crippen LogP contribution < -0.4 is 4.90 Å². The zero-order valence-electron chi connectivity index (χ0n) is 17.1. The summed E-state index contributed by atoms with van der Waals surface area (Å²) in [5, 5.41) is 0. The smallest absolute Gasteiger partial charge is 0.126 e. The Bertz CT molecular complexity index is 1210. The second-order valence-corrected chi connectivity index (χ2v) is 8.77. The summed E-state index contributed by atoms with van der Waals surface area (Å²) in [6, 6.07) is 13.8. The van der Waals surface area contributed by atoms with Gasteiger partial charge in [0.15, 0.2) is 0 Å². The molecule has 3 heterocycles. The van der Waals surface area contributed by atoms with Gasteiger partial charge in [-0.05, 0) is 61.5 Å². The lowest BCUT2D eigenvalue weighted by molar-refractivity contribution is 0.313. The van der Waals surface area contributed by atoms with Crippen LogP contribution in [-0.4, -0.2) is 48.1 Å². The van der Waals surface area contributed by atoms with Gasteiger partial charge in [0.25, 0.3) is 0 Å². The highest BCUT2D eigenvalue weighted by molar-refractivity contribution is 7.16. The van der Waals surface area contributed by atoms with Gasteiger partial charge in [-0.1, -0.05) is 6.07 Å². The molecule has 1 aliphatic rings. The predicted octanol–water partition coefficient (Wildman–Crippen LogP) is 5.22. The maximum Gasteiger partial charge on any atom is 0.126 e. The lowest BCUT2D eigenvalue weighted by Crippen LogP contribution is -2.44. The summed E-state index contributed by atoms with van der Waals surface area (Å²) >= 11 is 1.64. The van der Waals surface area contributed by atoms with E-state index in [2.05, 4.69) is 46.1 Å². The zero-order chi connectivity index (χ0) is 20.7. The molecular formula is C24H23FN4S. The first-order chi connectivity index (χ1) is 14.6. The second kappa shape index (κ2) is 7.78. The number of aromatic nitrogens is 2. The Morgan fingerprint density at radius 3 is 2.53 bits per heavy atom. The Morgan fingerprint density at radius 2 is 1.73 bits per heavy atom. The Balaban J connectivity index is 1.64. The molecule has 0 spiro atoms. The second-order valence-electron chi connectivity index (χ2n) is 7.88. The van der Waals surface area contributed by atoms with E-state index >= 15 is 0 Å². The number of benzene rings is 2. The van der Waals surface area contributed by atoms with Crippen LogP contribution in [0.15, 0.2) is 54.2 Å². The number of anilines is 1. The van der Waals surface area contributed by atoms with Gasteiger partial charge in [-0.2, -0.15) is 0 Å². The van der Waals surface area contributed by atoms with Gasteiger partial charge in [0.1, 0.15) is 5.82 Å². The topological polar surface area (TPSA) is 32.3 Å². The standard InChI is InChI=1S/C24H23FN4S/c1-16-11-18(3-5-21(16)25)24-20(17-4-6-22-23(12-17)30-15-27-22)13-19(14-26-24)29-9-7-28(2)8-10-29/h3-6,11-15H,7-10H2,1-2H3. The average molecular weight is 419 g/mol. The van der Waals surface area contributed by atoms with E-state index in [1.165, 1.54) is 6.07 Å². The fourth-order valence-corrected chi connectivity index (χ4v) is 4.67. The van der Waals surface area contributed by atoms with Gasteiger partial charge in [0, 0.05) is 37.3 Å². The molecule has 2 aromatic heterocycles. The minimum Gasteiger partial charge on any atom is -0.368 e. The Labute approximate surface area is 179 Å². The van der Waals surface area contributed by atoms with E-state index in [0.717, 1.165) is 64.5 Å². The van der Waals surface area contributed by atoms with E-state index in [9.17, 15) is 4.39 Å². The molecule has 5 rings (SSSR count). The van der Waals surface area contributed by atoms with E-state index in [0.29, 0.717) is 5.56 Å². The van der Waals surface area contributed by atoms with E-state index in [4.69, 9.17) is 4.98 Å². The molecule has 0 saturated carbocycles. The molecule has 0 atom stereocenters. The Kier molecular flexibility index (Phi) is 4.97. The monoisotopic (exact) mass is 418 g/mol. The van der Waals surface area contributed by atoms with Crippen LogP contribution in [0.2, 0.25) is 0 Å². The number of aryl methyl sites for hydroxylation is 1. The number of rotatable bonds is 3. The fraction of sp³-hybridized carbons (Fsp3) is 0.250. The van der Waals surface area contributed by atoms with E-state index < -0.39 is 0 Å². The highest BCUT2D eigenvalue weighted by Crippen LogP contribution is 2.36. The summed E-state index contributed by atoms with van der Waals surface area (Å²) in [6.07, 6.45) is 1.95. The fourth-order valence-electron chi connectivity index (χ4n) is 3.96. The molecule has 0 unspecified atom stereocenters. The molecule has 4 aromatic rings. The minimum atomic E-state index is -0.194. The first-order valence-corrected chi connectivity index (χ1v) is 11.0. The van der Waals surface area contributed by atoms with Gasteiger partial charge >= 0.3 is 0 Å². The first kappa shape index (κ1) is 19.2. The number of nitrogens with zero attached hydrogens (tertiary/aromatic N) is 4. The SMILES string of the molecule is Cc1cc(-c2ncc(N3CCN(C)CC3)cc2-c2ccc3ncsc3c2)ccc1F. The van der Waals surface area contributed by atoms with Crippen LogP contribution in [0, 0.1) is 12.7 Å². The highest BCUT2D eigenvalue weighted by atomic mass is 32.1. The molecule has 1 saturated heterocycles. The van der Waals surface area contributed by atoms with Crippen LogP contribution in [0.4, 0.5) is 10.1 Å². The number of pyridine rings is 1. The molecule has 0 aliphatic carbocycles. The van der Waals surface area contributed by atoms with Gasteiger partial charge in [-0.3, -0.25) is 4.98 Å². The maximum absolute atomic E-state index is 13.9. The van der Waals surface area contributed by atoms with Crippen LogP contribution in [0.5, 0.6) is 0 Å². The molecule has 1 fully saturated rings. The molecule has 152 valence electrons. The van der Waals surface area contributed by atoms with Crippen molar-refractivity contribution < 1.29 is 4.39 Å². The number of likely N-dealkylation sites (N-methyl/N-ethyl adjacent to an activating group) is 1. The third-order valence-electron chi connectivity index (χ3n) is 5.82. The highest BCUT2D eigenvalue weighted by Gasteiger charge is 2.18. The van der Waals surface area contributed by atoms with Crippen LogP contribution in [0.25, 0.3) is 32.6 Å². The molecule has 30 heavy (non-hydrogen) atoms. The molecule has 0 radical (unpaired) electrons. The van der Waals surface area contributed by atoms with Gasteiger partial charge < -0.3 is 9.80 Å². The van der Waals surface area contributed by atoms with Crippen molar-refractivity contribution in [3.05, 3.63) is 65.6 Å². The number of thiazole rings is 1. The van der Waals surface area contributed by atoms with Gasteiger partial charge in [-0.25, -0.2) is 9.37 Å². The zero-order valence-corrected chi connectivity index (χ0v) is 17.9. The number of hydrogen-bond donors (Lipinski definition) is 0. The summed E-state index contributed by atoms with van der Waals surface area (Å²) in [5.74, 6) is -0.194. The van der Waals surface area contributed by atoms with E-state index in [1.54, 1.807) is 18.3 Å². The van der Waals surface area contributed by atoms with Crippen LogP contribution in [0.1, 0.15) is 5.56 Å². The van der Waals surface area contributed by atoms with Crippen molar-refractivity contribution >= 4 is 27.2 Å². The van der Waals surface area contributed by atoms with Crippen molar-refractivity contribution in [3.63, 3.8) is 0 Å². The Hall–Kier alpha value is -2.83. The summed E-state index contributed by atoms with van der Waals surface area (Å²) in [6.45, 7) is 5.85.